The second kappa shape index (κ2) is 5.84. The Morgan fingerprint density at radius 2 is 2.11 bits per heavy atom. The number of aromatic nitrogens is 1. The summed E-state index contributed by atoms with van der Waals surface area (Å²) in [4.78, 5) is 24.4. The van der Waals surface area contributed by atoms with Crippen molar-refractivity contribution in [3.63, 3.8) is 0 Å². The molecule has 0 saturated heterocycles. The fourth-order valence-electron chi connectivity index (χ4n) is 1.85. The summed E-state index contributed by atoms with van der Waals surface area (Å²) < 4.78 is 6.66. The molecule has 0 aromatic carbocycles. The minimum absolute atomic E-state index is 0.0207. The standard InChI is InChI=1S/C14H15NO3S/c1-3-18-13(16)9-10-6-7-11(15(10)2)14(17)12-5-4-8-19-12/h4-8H,3,9H2,1-2H3. The quantitative estimate of drug-likeness (QED) is 0.623. The largest absolute Gasteiger partial charge is 0.466 e. The van der Waals surface area contributed by atoms with Gasteiger partial charge >= 0.3 is 5.97 Å². The van der Waals surface area contributed by atoms with E-state index in [1.54, 1.807) is 36.7 Å². The molecule has 0 aliphatic rings. The van der Waals surface area contributed by atoms with Crippen molar-refractivity contribution >= 4 is 23.1 Å². The average molecular weight is 277 g/mol. The van der Waals surface area contributed by atoms with Crippen LogP contribution in [0.3, 0.4) is 0 Å². The second-order valence-corrected chi connectivity index (χ2v) is 5.00. The normalized spacial score (nSPS) is 10.4. The Kier molecular flexibility index (Phi) is 4.16. The molecule has 4 nitrogen and oxygen atoms in total. The summed E-state index contributed by atoms with van der Waals surface area (Å²) in [5.41, 5.74) is 1.36. The van der Waals surface area contributed by atoms with Gasteiger partial charge in [-0.2, -0.15) is 0 Å². The van der Waals surface area contributed by atoms with E-state index in [4.69, 9.17) is 4.74 Å². The van der Waals surface area contributed by atoms with Gasteiger partial charge in [0.25, 0.3) is 0 Å². The molecule has 0 N–H and O–H groups in total. The molecule has 0 fully saturated rings. The first-order chi connectivity index (χ1) is 9.13. The van der Waals surface area contributed by atoms with E-state index in [-0.39, 0.29) is 18.2 Å². The van der Waals surface area contributed by atoms with Gasteiger partial charge in [-0.3, -0.25) is 9.59 Å². The monoisotopic (exact) mass is 277 g/mol. The van der Waals surface area contributed by atoms with E-state index in [2.05, 4.69) is 0 Å². The van der Waals surface area contributed by atoms with Crippen molar-refractivity contribution in [1.82, 2.24) is 4.57 Å². The zero-order chi connectivity index (χ0) is 13.8. The lowest BCUT2D eigenvalue weighted by atomic mass is 10.2. The second-order valence-electron chi connectivity index (χ2n) is 4.06. The van der Waals surface area contributed by atoms with Gasteiger partial charge in [-0.15, -0.1) is 11.3 Å². The molecule has 0 radical (unpaired) electrons. The number of rotatable bonds is 5. The van der Waals surface area contributed by atoms with Gasteiger partial charge in [0.2, 0.25) is 5.78 Å². The van der Waals surface area contributed by atoms with Crippen molar-refractivity contribution < 1.29 is 14.3 Å². The summed E-state index contributed by atoms with van der Waals surface area (Å²) in [6.45, 7) is 2.14. The van der Waals surface area contributed by atoms with Gasteiger partial charge in [-0.05, 0) is 30.5 Å². The van der Waals surface area contributed by atoms with Crippen LogP contribution in [0.15, 0.2) is 29.6 Å². The van der Waals surface area contributed by atoms with Crippen molar-refractivity contribution in [3.8, 4) is 0 Å². The topological polar surface area (TPSA) is 48.3 Å². The number of esters is 1. The van der Waals surface area contributed by atoms with Crippen LogP contribution in [0.5, 0.6) is 0 Å². The van der Waals surface area contributed by atoms with Crippen molar-refractivity contribution in [2.24, 2.45) is 7.05 Å². The molecule has 2 aromatic rings. The maximum absolute atomic E-state index is 12.2. The highest BCUT2D eigenvalue weighted by atomic mass is 32.1. The number of thiophene rings is 1. The molecule has 0 spiro atoms. The van der Waals surface area contributed by atoms with Gasteiger partial charge in [0, 0.05) is 12.7 Å². The van der Waals surface area contributed by atoms with Gasteiger partial charge in [0.1, 0.15) is 0 Å². The van der Waals surface area contributed by atoms with Gasteiger partial charge in [-0.1, -0.05) is 6.07 Å². The molecule has 0 bridgehead atoms. The molecule has 100 valence electrons. The highest BCUT2D eigenvalue weighted by Crippen LogP contribution is 2.17. The van der Waals surface area contributed by atoms with Crippen LogP contribution in [0.1, 0.15) is 28.0 Å². The fraction of sp³-hybridized carbons (Fsp3) is 0.286. The predicted octanol–water partition coefficient (Wildman–Crippen LogP) is 2.42. The Morgan fingerprint density at radius 1 is 1.32 bits per heavy atom. The Labute approximate surface area is 115 Å². The SMILES string of the molecule is CCOC(=O)Cc1ccc(C(=O)c2cccs2)n1C. The highest BCUT2D eigenvalue weighted by molar-refractivity contribution is 7.12. The zero-order valence-corrected chi connectivity index (χ0v) is 11.7. The van der Waals surface area contributed by atoms with Gasteiger partial charge in [-0.25, -0.2) is 0 Å². The van der Waals surface area contributed by atoms with Crippen molar-refractivity contribution in [2.75, 3.05) is 6.61 Å². The lowest BCUT2D eigenvalue weighted by Crippen LogP contribution is -2.13. The number of ether oxygens (including phenoxy) is 1. The van der Waals surface area contributed by atoms with Crippen LogP contribution in [-0.4, -0.2) is 22.9 Å². The molecule has 2 aromatic heterocycles. The van der Waals surface area contributed by atoms with Crippen LogP contribution < -0.4 is 0 Å². The molecule has 0 aliphatic heterocycles. The first-order valence-electron chi connectivity index (χ1n) is 6.02. The number of ketones is 1. The summed E-state index contributed by atoms with van der Waals surface area (Å²) in [7, 11) is 1.79. The number of hydrogen-bond acceptors (Lipinski definition) is 4. The molecule has 5 heteroatoms. The van der Waals surface area contributed by atoms with Crippen LogP contribution in [0.25, 0.3) is 0 Å². The fourth-order valence-corrected chi connectivity index (χ4v) is 2.53. The minimum atomic E-state index is -0.279. The Hall–Kier alpha value is -1.88. The van der Waals surface area contributed by atoms with Crippen LogP contribution in [-0.2, 0) is 23.0 Å². The third-order valence-electron chi connectivity index (χ3n) is 2.83. The molecule has 19 heavy (non-hydrogen) atoms. The lowest BCUT2D eigenvalue weighted by molar-refractivity contribution is -0.142. The molecule has 0 amide bonds. The van der Waals surface area contributed by atoms with Crippen molar-refractivity contribution in [3.05, 3.63) is 45.9 Å². The zero-order valence-electron chi connectivity index (χ0n) is 10.9. The van der Waals surface area contributed by atoms with Crippen molar-refractivity contribution in [2.45, 2.75) is 13.3 Å². The summed E-state index contributed by atoms with van der Waals surface area (Å²) >= 11 is 1.41. The first kappa shape index (κ1) is 13.5. The van der Waals surface area contributed by atoms with Gasteiger partial charge in [0.15, 0.2) is 0 Å². The summed E-state index contributed by atoms with van der Waals surface area (Å²) in [6.07, 6.45) is 0.183. The Morgan fingerprint density at radius 3 is 2.74 bits per heavy atom. The van der Waals surface area contributed by atoms with E-state index >= 15 is 0 Å². The van der Waals surface area contributed by atoms with Crippen LogP contribution >= 0.6 is 11.3 Å². The molecule has 0 saturated carbocycles. The van der Waals surface area contributed by atoms with E-state index in [0.717, 1.165) is 5.69 Å². The molecule has 2 heterocycles. The predicted molar refractivity (Wildman–Crippen MR) is 73.5 cm³/mol. The molecule has 0 atom stereocenters. The molecular formula is C14H15NO3S. The number of hydrogen-bond donors (Lipinski definition) is 0. The van der Waals surface area contributed by atoms with Gasteiger partial charge < -0.3 is 9.30 Å². The minimum Gasteiger partial charge on any atom is -0.466 e. The van der Waals surface area contributed by atoms with E-state index in [1.807, 2.05) is 11.4 Å². The number of carbonyl (C=O) groups is 2. The van der Waals surface area contributed by atoms with Gasteiger partial charge in [0.05, 0.1) is 23.6 Å². The molecule has 2 rings (SSSR count). The maximum Gasteiger partial charge on any atom is 0.311 e. The van der Waals surface area contributed by atoms with E-state index < -0.39 is 0 Å². The lowest BCUT2D eigenvalue weighted by Gasteiger charge is -2.06. The van der Waals surface area contributed by atoms with E-state index in [9.17, 15) is 9.59 Å². The summed E-state index contributed by atoms with van der Waals surface area (Å²) in [6, 6.07) is 7.18. The number of carbonyl (C=O) groups excluding carboxylic acids is 2. The molecule has 0 aliphatic carbocycles. The Balaban J connectivity index is 2.19. The van der Waals surface area contributed by atoms with Crippen LogP contribution in [0.2, 0.25) is 0 Å². The van der Waals surface area contributed by atoms with E-state index in [0.29, 0.717) is 17.2 Å². The van der Waals surface area contributed by atoms with Crippen LogP contribution in [0.4, 0.5) is 0 Å². The first-order valence-corrected chi connectivity index (χ1v) is 6.90. The van der Waals surface area contributed by atoms with Crippen LogP contribution in [0, 0.1) is 0 Å². The average Bonchev–Trinajstić information content (AvgIpc) is 3.00. The maximum atomic E-state index is 12.2. The molecular weight excluding hydrogens is 262 g/mol. The highest BCUT2D eigenvalue weighted by Gasteiger charge is 2.16. The van der Waals surface area contributed by atoms with E-state index in [1.165, 1.54) is 11.3 Å². The number of nitrogens with zero attached hydrogens (tertiary/aromatic N) is 1. The van der Waals surface area contributed by atoms with Crippen molar-refractivity contribution in [1.29, 1.82) is 0 Å². The summed E-state index contributed by atoms with van der Waals surface area (Å²) in [5, 5.41) is 1.87. The third-order valence-corrected chi connectivity index (χ3v) is 3.70. The smallest absolute Gasteiger partial charge is 0.311 e. The Bertz CT molecular complexity index is 584. The summed E-state index contributed by atoms with van der Waals surface area (Å²) in [5.74, 6) is -0.300. The third kappa shape index (κ3) is 2.93. The molecule has 0 unspecified atom stereocenters.